The van der Waals surface area contributed by atoms with Crippen LogP contribution in [-0.2, 0) is 9.53 Å². The van der Waals surface area contributed by atoms with Crippen LogP contribution in [0.3, 0.4) is 0 Å². The minimum absolute atomic E-state index is 0.219. The lowest BCUT2D eigenvalue weighted by molar-refractivity contribution is -0.139. The number of fused-ring (bicyclic) bond motifs is 1. The van der Waals surface area contributed by atoms with E-state index in [2.05, 4.69) is 4.99 Å². The summed E-state index contributed by atoms with van der Waals surface area (Å²) < 4.78 is 7.39. The van der Waals surface area contributed by atoms with Gasteiger partial charge in [-0.1, -0.05) is 71.0 Å². The van der Waals surface area contributed by atoms with Crippen molar-refractivity contribution in [1.29, 1.82) is 0 Å². The molecule has 0 aliphatic carbocycles. The molecule has 1 atom stereocenters. The summed E-state index contributed by atoms with van der Waals surface area (Å²) in [5.74, 6) is -0.463. The number of nitrogens with zero attached hydrogens (tertiary/aromatic N) is 2. The summed E-state index contributed by atoms with van der Waals surface area (Å²) in [5, 5.41) is 0.562. The maximum absolute atomic E-state index is 13.5. The van der Waals surface area contributed by atoms with E-state index in [0.29, 0.717) is 25.6 Å². The molecule has 0 spiro atoms. The van der Waals surface area contributed by atoms with Crippen LogP contribution in [-0.4, -0.2) is 17.1 Å². The molecule has 0 amide bonds. The van der Waals surface area contributed by atoms with E-state index in [4.69, 9.17) is 16.3 Å². The molecule has 7 heteroatoms. The zero-order chi connectivity index (χ0) is 22.1. The Balaban J connectivity index is 1.97. The first kappa shape index (κ1) is 21.3. The van der Waals surface area contributed by atoms with E-state index in [1.54, 1.807) is 30.6 Å². The normalized spacial score (nSPS) is 16.1. The first-order valence-corrected chi connectivity index (χ1v) is 11.1. The highest BCUT2D eigenvalue weighted by Crippen LogP contribution is 2.30. The van der Waals surface area contributed by atoms with Crippen LogP contribution in [0.25, 0.3) is 6.08 Å². The van der Waals surface area contributed by atoms with Crippen LogP contribution in [0.1, 0.15) is 36.6 Å². The standard InChI is InChI=1S/C24H21ClN2O3S/c1-4-30-23(29)20-15(3)26-24-27(21(20)16-11-9-14(2)10-12-16)22(28)19(31-24)13-17-7-5-6-8-18(17)25/h5-13,21H,4H2,1-3H3/b19-13-/t21-/m1/s1. The zero-order valence-electron chi connectivity index (χ0n) is 17.4. The number of halogens is 1. The largest absolute Gasteiger partial charge is 0.463 e. The van der Waals surface area contributed by atoms with Gasteiger partial charge in [0.25, 0.3) is 5.56 Å². The van der Waals surface area contributed by atoms with Crippen molar-refractivity contribution in [3.63, 3.8) is 0 Å². The summed E-state index contributed by atoms with van der Waals surface area (Å²) >= 11 is 7.57. The topological polar surface area (TPSA) is 60.7 Å². The number of carbonyl (C=O) groups is 1. The third kappa shape index (κ3) is 4.01. The van der Waals surface area contributed by atoms with Gasteiger partial charge in [-0.25, -0.2) is 9.79 Å². The van der Waals surface area contributed by atoms with Gasteiger partial charge in [0.1, 0.15) is 0 Å². The number of esters is 1. The molecule has 0 bridgehead atoms. The average Bonchev–Trinajstić information content (AvgIpc) is 3.04. The summed E-state index contributed by atoms with van der Waals surface area (Å²) in [6, 6.07) is 14.5. The van der Waals surface area contributed by atoms with Gasteiger partial charge in [-0.2, -0.15) is 0 Å². The van der Waals surface area contributed by atoms with Gasteiger partial charge in [0, 0.05) is 5.02 Å². The van der Waals surface area contributed by atoms with Crippen molar-refractivity contribution < 1.29 is 9.53 Å². The molecule has 2 aromatic carbocycles. The van der Waals surface area contributed by atoms with Crippen LogP contribution < -0.4 is 14.9 Å². The number of hydrogen-bond acceptors (Lipinski definition) is 5. The van der Waals surface area contributed by atoms with Gasteiger partial charge in [0.05, 0.1) is 28.5 Å². The number of thiazole rings is 1. The molecule has 1 aliphatic heterocycles. The summed E-state index contributed by atoms with van der Waals surface area (Å²) in [6.07, 6.45) is 1.77. The van der Waals surface area contributed by atoms with Crippen molar-refractivity contribution in [2.24, 2.45) is 4.99 Å². The second-order valence-corrected chi connectivity index (χ2v) is 8.65. The fraction of sp³-hybridized carbons (Fsp3) is 0.208. The Labute approximate surface area is 188 Å². The second-order valence-electron chi connectivity index (χ2n) is 7.23. The van der Waals surface area contributed by atoms with Crippen molar-refractivity contribution in [2.45, 2.75) is 26.8 Å². The summed E-state index contributed by atoms with van der Waals surface area (Å²) in [6.45, 7) is 5.77. The van der Waals surface area contributed by atoms with Gasteiger partial charge in [-0.3, -0.25) is 9.36 Å². The van der Waals surface area contributed by atoms with E-state index in [1.807, 2.05) is 49.4 Å². The molecule has 3 aromatic rings. The lowest BCUT2D eigenvalue weighted by Gasteiger charge is -2.24. The first-order chi connectivity index (χ1) is 14.9. The number of hydrogen-bond donors (Lipinski definition) is 0. The number of aromatic nitrogens is 1. The van der Waals surface area contributed by atoms with Gasteiger partial charge in [0.2, 0.25) is 0 Å². The number of ether oxygens (including phenoxy) is 1. The molecule has 0 radical (unpaired) electrons. The predicted octanol–water partition coefficient (Wildman–Crippen LogP) is 3.76. The quantitative estimate of drug-likeness (QED) is 0.566. The number of carbonyl (C=O) groups excluding carboxylic acids is 1. The zero-order valence-corrected chi connectivity index (χ0v) is 19.0. The smallest absolute Gasteiger partial charge is 0.338 e. The highest BCUT2D eigenvalue weighted by Gasteiger charge is 2.33. The Morgan fingerprint density at radius 3 is 2.58 bits per heavy atom. The second kappa shape index (κ2) is 8.65. The maximum atomic E-state index is 13.5. The SMILES string of the molecule is CCOC(=O)C1=C(C)N=c2s/c(=C\c3ccccc3Cl)c(=O)n2[C@@H]1c1ccc(C)cc1. The fourth-order valence-electron chi connectivity index (χ4n) is 3.59. The molecule has 0 fully saturated rings. The Bertz CT molecular complexity index is 1370. The van der Waals surface area contributed by atoms with E-state index in [0.717, 1.165) is 16.7 Å². The lowest BCUT2D eigenvalue weighted by Crippen LogP contribution is -2.39. The molecule has 1 aromatic heterocycles. The summed E-state index contributed by atoms with van der Waals surface area (Å²) in [5.41, 5.74) is 3.38. The van der Waals surface area contributed by atoms with Gasteiger partial charge < -0.3 is 4.74 Å². The Morgan fingerprint density at radius 2 is 1.90 bits per heavy atom. The van der Waals surface area contributed by atoms with Crippen molar-refractivity contribution in [2.75, 3.05) is 6.61 Å². The van der Waals surface area contributed by atoms with Crippen molar-refractivity contribution in [3.8, 4) is 0 Å². The summed E-state index contributed by atoms with van der Waals surface area (Å²) in [7, 11) is 0. The van der Waals surface area contributed by atoms with Crippen molar-refractivity contribution in [1.82, 2.24) is 4.57 Å². The van der Waals surface area contributed by atoms with Crippen LogP contribution in [0, 0.1) is 6.92 Å². The monoisotopic (exact) mass is 452 g/mol. The molecule has 0 saturated carbocycles. The van der Waals surface area contributed by atoms with Crippen LogP contribution in [0.4, 0.5) is 0 Å². The number of allylic oxidation sites excluding steroid dienone is 1. The van der Waals surface area contributed by atoms with Crippen LogP contribution in [0.5, 0.6) is 0 Å². The molecule has 5 nitrogen and oxygen atoms in total. The van der Waals surface area contributed by atoms with Gasteiger partial charge in [0.15, 0.2) is 4.80 Å². The minimum atomic E-state index is -0.607. The van der Waals surface area contributed by atoms with E-state index in [-0.39, 0.29) is 12.2 Å². The molecule has 0 saturated heterocycles. The number of rotatable bonds is 4. The Morgan fingerprint density at radius 1 is 1.19 bits per heavy atom. The predicted molar refractivity (Wildman–Crippen MR) is 123 cm³/mol. The van der Waals surface area contributed by atoms with E-state index < -0.39 is 12.0 Å². The Kier molecular flexibility index (Phi) is 5.94. The lowest BCUT2D eigenvalue weighted by atomic mass is 9.95. The number of aryl methyl sites for hydroxylation is 1. The van der Waals surface area contributed by atoms with Crippen LogP contribution in [0.15, 0.2) is 69.6 Å². The molecule has 1 aliphatic rings. The average molecular weight is 453 g/mol. The molecular formula is C24H21ClN2O3S. The van der Waals surface area contributed by atoms with E-state index in [1.165, 1.54) is 11.3 Å². The molecule has 158 valence electrons. The molecule has 2 heterocycles. The third-order valence-electron chi connectivity index (χ3n) is 5.10. The third-order valence-corrected chi connectivity index (χ3v) is 6.43. The first-order valence-electron chi connectivity index (χ1n) is 9.91. The van der Waals surface area contributed by atoms with Gasteiger partial charge in [-0.15, -0.1) is 0 Å². The van der Waals surface area contributed by atoms with Gasteiger partial charge in [-0.05, 0) is 44.0 Å². The number of benzene rings is 2. The molecule has 0 N–H and O–H groups in total. The van der Waals surface area contributed by atoms with Crippen molar-refractivity contribution >= 4 is 35.0 Å². The highest BCUT2D eigenvalue weighted by atomic mass is 35.5. The van der Waals surface area contributed by atoms with Crippen molar-refractivity contribution in [3.05, 3.63) is 101 Å². The van der Waals surface area contributed by atoms with E-state index >= 15 is 0 Å². The Hall–Kier alpha value is -2.96. The fourth-order valence-corrected chi connectivity index (χ4v) is 4.82. The van der Waals surface area contributed by atoms with Crippen LogP contribution in [0.2, 0.25) is 5.02 Å². The minimum Gasteiger partial charge on any atom is -0.463 e. The maximum Gasteiger partial charge on any atom is 0.338 e. The van der Waals surface area contributed by atoms with Gasteiger partial charge >= 0.3 is 5.97 Å². The van der Waals surface area contributed by atoms with Crippen LogP contribution >= 0.6 is 22.9 Å². The molecule has 31 heavy (non-hydrogen) atoms. The summed E-state index contributed by atoms with van der Waals surface area (Å²) in [4.78, 5) is 31.4. The molecule has 0 unspecified atom stereocenters. The van der Waals surface area contributed by atoms with E-state index in [9.17, 15) is 9.59 Å². The highest BCUT2D eigenvalue weighted by molar-refractivity contribution is 7.07. The molecular weight excluding hydrogens is 432 g/mol. The molecule has 4 rings (SSSR count).